The molecule has 0 N–H and O–H groups in total. The van der Waals surface area contributed by atoms with Crippen LogP contribution in [0.15, 0.2) is 48.5 Å². The molecular formula is C17H16O3. The fourth-order valence-corrected chi connectivity index (χ4v) is 2.31. The van der Waals surface area contributed by atoms with Crippen molar-refractivity contribution in [3.05, 3.63) is 65.2 Å². The number of methoxy groups -OCH3 is 2. The number of fused-ring (bicyclic) bond motifs is 1. The molecule has 1 aliphatic rings. The zero-order valence-corrected chi connectivity index (χ0v) is 11.5. The minimum Gasteiger partial charge on any atom is -0.497 e. The zero-order valence-electron chi connectivity index (χ0n) is 11.5. The van der Waals surface area contributed by atoms with Crippen LogP contribution in [0.25, 0.3) is 11.8 Å². The average Bonchev–Trinajstić information content (AvgIpc) is 2.86. The standard InChI is InChI=1S/C17H16O3/c1-18-13-9-7-12(8-10-13)11-16-14-5-3-4-6-15(14)17(19-2)20-16/h3-11,17H,1-2H3/b16-11-. The molecule has 20 heavy (non-hydrogen) atoms. The minimum atomic E-state index is -0.323. The minimum absolute atomic E-state index is 0.323. The third-order valence-corrected chi connectivity index (χ3v) is 3.34. The van der Waals surface area contributed by atoms with E-state index < -0.39 is 0 Å². The van der Waals surface area contributed by atoms with Crippen LogP contribution >= 0.6 is 0 Å². The highest BCUT2D eigenvalue weighted by Gasteiger charge is 2.27. The van der Waals surface area contributed by atoms with E-state index >= 15 is 0 Å². The highest BCUT2D eigenvalue weighted by Crippen LogP contribution is 2.39. The van der Waals surface area contributed by atoms with E-state index in [-0.39, 0.29) is 6.29 Å². The van der Waals surface area contributed by atoms with Crippen molar-refractivity contribution in [1.82, 2.24) is 0 Å². The van der Waals surface area contributed by atoms with Gasteiger partial charge in [0.15, 0.2) is 0 Å². The van der Waals surface area contributed by atoms with Crippen molar-refractivity contribution in [1.29, 1.82) is 0 Å². The summed E-state index contributed by atoms with van der Waals surface area (Å²) in [5.74, 6) is 1.67. The van der Waals surface area contributed by atoms with Crippen LogP contribution in [0.4, 0.5) is 0 Å². The molecule has 0 amide bonds. The van der Waals surface area contributed by atoms with E-state index in [9.17, 15) is 0 Å². The van der Waals surface area contributed by atoms with E-state index in [1.54, 1.807) is 14.2 Å². The molecule has 3 heteroatoms. The molecule has 2 aromatic carbocycles. The van der Waals surface area contributed by atoms with Crippen LogP contribution in [-0.4, -0.2) is 14.2 Å². The molecule has 1 heterocycles. The molecule has 0 aliphatic carbocycles. The van der Waals surface area contributed by atoms with Gasteiger partial charge in [-0.2, -0.15) is 0 Å². The van der Waals surface area contributed by atoms with Crippen molar-refractivity contribution in [2.24, 2.45) is 0 Å². The third-order valence-electron chi connectivity index (χ3n) is 3.34. The number of hydrogen-bond donors (Lipinski definition) is 0. The molecule has 102 valence electrons. The smallest absolute Gasteiger partial charge is 0.227 e. The van der Waals surface area contributed by atoms with Crippen LogP contribution in [0.2, 0.25) is 0 Å². The van der Waals surface area contributed by atoms with Crippen LogP contribution in [-0.2, 0) is 9.47 Å². The van der Waals surface area contributed by atoms with Gasteiger partial charge in [0.1, 0.15) is 11.5 Å². The second-order valence-electron chi connectivity index (χ2n) is 4.55. The lowest BCUT2D eigenvalue weighted by atomic mass is 10.1. The van der Waals surface area contributed by atoms with Crippen molar-refractivity contribution in [2.45, 2.75) is 6.29 Å². The Kier molecular flexibility index (Phi) is 3.44. The topological polar surface area (TPSA) is 27.7 Å². The summed E-state index contributed by atoms with van der Waals surface area (Å²) < 4.78 is 16.4. The predicted octanol–water partition coefficient (Wildman–Crippen LogP) is 3.87. The van der Waals surface area contributed by atoms with E-state index in [0.29, 0.717) is 0 Å². The lowest BCUT2D eigenvalue weighted by Gasteiger charge is -2.08. The predicted molar refractivity (Wildman–Crippen MR) is 78.1 cm³/mol. The van der Waals surface area contributed by atoms with E-state index in [2.05, 4.69) is 0 Å². The first-order valence-corrected chi connectivity index (χ1v) is 6.46. The van der Waals surface area contributed by atoms with Crippen LogP contribution in [0.1, 0.15) is 23.0 Å². The number of benzene rings is 2. The lowest BCUT2D eigenvalue weighted by molar-refractivity contribution is -0.0644. The maximum absolute atomic E-state index is 5.85. The first-order chi connectivity index (χ1) is 9.81. The Hall–Kier alpha value is -2.26. The maximum atomic E-state index is 5.85. The van der Waals surface area contributed by atoms with E-state index in [4.69, 9.17) is 14.2 Å². The summed E-state index contributed by atoms with van der Waals surface area (Å²) in [7, 11) is 3.31. The van der Waals surface area contributed by atoms with Gasteiger partial charge >= 0.3 is 0 Å². The molecular weight excluding hydrogens is 252 g/mol. The van der Waals surface area contributed by atoms with Crippen molar-refractivity contribution < 1.29 is 14.2 Å². The first-order valence-electron chi connectivity index (χ1n) is 6.46. The highest BCUT2D eigenvalue weighted by molar-refractivity contribution is 5.81. The molecule has 0 spiro atoms. The summed E-state index contributed by atoms with van der Waals surface area (Å²) in [6.45, 7) is 0. The molecule has 0 aromatic heterocycles. The van der Waals surface area contributed by atoms with Gasteiger partial charge in [-0.25, -0.2) is 0 Å². The van der Waals surface area contributed by atoms with Gasteiger partial charge in [0.05, 0.1) is 7.11 Å². The number of hydrogen-bond acceptors (Lipinski definition) is 3. The summed E-state index contributed by atoms with van der Waals surface area (Å²) in [4.78, 5) is 0. The third kappa shape index (κ3) is 2.28. The van der Waals surface area contributed by atoms with Gasteiger partial charge in [0.25, 0.3) is 0 Å². The van der Waals surface area contributed by atoms with Gasteiger partial charge in [-0.1, -0.05) is 36.4 Å². The Morgan fingerprint density at radius 3 is 2.45 bits per heavy atom. The van der Waals surface area contributed by atoms with Crippen molar-refractivity contribution >= 4 is 11.8 Å². The van der Waals surface area contributed by atoms with Gasteiger partial charge in [-0.15, -0.1) is 0 Å². The molecule has 2 aromatic rings. The molecule has 0 saturated heterocycles. The van der Waals surface area contributed by atoms with Crippen molar-refractivity contribution in [2.75, 3.05) is 14.2 Å². The highest BCUT2D eigenvalue weighted by atomic mass is 16.7. The lowest BCUT2D eigenvalue weighted by Crippen LogP contribution is -1.96. The van der Waals surface area contributed by atoms with E-state index in [1.165, 1.54) is 0 Å². The molecule has 0 fully saturated rings. The van der Waals surface area contributed by atoms with Crippen molar-refractivity contribution in [3.63, 3.8) is 0 Å². The Morgan fingerprint density at radius 1 is 1.00 bits per heavy atom. The fourth-order valence-electron chi connectivity index (χ4n) is 2.31. The second kappa shape index (κ2) is 5.39. The Labute approximate surface area is 118 Å². The summed E-state index contributed by atoms with van der Waals surface area (Å²) in [6, 6.07) is 15.9. The maximum Gasteiger partial charge on any atom is 0.227 e. The van der Waals surface area contributed by atoms with Crippen molar-refractivity contribution in [3.8, 4) is 5.75 Å². The average molecular weight is 268 g/mol. The largest absolute Gasteiger partial charge is 0.497 e. The van der Waals surface area contributed by atoms with E-state index in [1.807, 2.05) is 54.6 Å². The molecule has 3 rings (SSSR count). The number of ether oxygens (including phenoxy) is 3. The zero-order chi connectivity index (χ0) is 13.9. The van der Waals surface area contributed by atoms with E-state index in [0.717, 1.165) is 28.2 Å². The normalized spacial score (nSPS) is 18.7. The molecule has 1 unspecified atom stereocenters. The van der Waals surface area contributed by atoms with Gasteiger partial charge in [-0.05, 0) is 23.8 Å². The molecule has 0 bridgehead atoms. The summed E-state index contributed by atoms with van der Waals surface area (Å²) in [5.41, 5.74) is 3.21. The fraction of sp³-hybridized carbons (Fsp3) is 0.176. The second-order valence-corrected chi connectivity index (χ2v) is 4.55. The van der Waals surface area contributed by atoms with Crippen LogP contribution < -0.4 is 4.74 Å². The quantitative estimate of drug-likeness (QED) is 0.845. The Morgan fingerprint density at radius 2 is 1.75 bits per heavy atom. The summed E-state index contributed by atoms with van der Waals surface area (Å²) >= 11 is 0. The SMILES string of the molecule is COc1ccc(/C=C2\OC(OC)c3ccccc32)cc1. The molecule has 0 saturated carbocycles. The first kappa shape index (κ1) is 12.8. The van der Waals surface area contributed by atoms with Crippen LogP contribution in [0.5, 0.6) is 5.75 Å². The van der Waals surface area contributed by atoms with Gasteiger partial charge in [0, 0.05) is 18.2 Å². The van der Waals surface area contributed by atoms with Gasteiger partial charge in [0.2, 0.25) is 6.29 Å². The molecule has 0 radical (unpaired) electrons. The van der Waals surface area contributed by atoms with Crippen LogP contribution in [0.3, 0.4) is 0 Å². The van der Waals surface area contributed by atoms with Gasteiger partial charge in [-0.3, -0.25) is 0 Å². The molecule has 1 atom stereocenters. The van der Waals surface area contributed by atoms with Crippen LogP contribution in [0, 0.1) is 0 Å². The Bertz CT molecular complexity index is 629. The number of rotatable bonds is 3. The summed E-state index contributed by atoms with van der Waals surface area (Å²) in [5, 5.41) is 0. The molecule has 1 aliphatic heterocycles. The van der Waals surface area contributed by atoms with Gasteiger partial charge < -0.3 is 14.2 Å². The summed E-state index contributed by atoms with van der Waals surface area (Å²) in [6.07, 6.45) is 1.69. The monoisotopic (exact) mass is 268 g/mol. The molecule has 3 nitrogen and oxygen atoms in total. The Balaban J connectivity index is 1.96.